The predicted octanol–water partition coefficient (Wildman–Crippen LogP) is 9.37. The highest BCUT2D eigenvalue weighted by molar-refractivity contribution is 5.69. The van der Waals surface area contributed by atoms with E-state index in [0.29, 0.717) is 55.5 Å². The van der Waals surface area contributed by atoms with Crippen LogP contribution < -0.4 is 14.2 Å². The largest absolute Gasteiger partial charge is 0.494 e. The van der Waals surface area contributed by atoms with Gasteiger partial charge in [0.1, 0.15) is 11.6 Å². The molecule has 0 bridgehead atoms. The molecule has 1 aromatic heterocycles. The van der Waals surface area contributed by atoms with E-state index in [9.17, 15) is 13.2 Å². The quantitative estimate of drug-likeness (QED) is 0.128. The van der Waals surface area contributed by atoms with Crippen LogP contribution in [0.25, 0.3) is 22.6 Å². The first kappa shape index (κ1) is 32.2. The first-order chi connectivity index (χ1) is 22.8. The summed E-state index contributed by atoms with van der Waals surface area (Å²) < 4.78 is 60.9. The Labute approximate surface area is 273 Å². The lowest BCUT2D eigenvalue weighted by Gasteiger charge is -2.25. The van der Waals surface area contributed by atoms with Gasteiger partial charge in [0.25, 0.3) is 0 Å². The molecule has 9 heteroatoms. The number of fused-ring (bicyclic) bond motifs is 1. The molecular weight excluding hydrogens is 603 g/mol. The molecule has 0 amide bonds. The van der Waals surface area contributed by atoms with Gasteiger partial charge < -0.3 is 18.8 Å². The van der Waals surface area contributed by atoms with Gasteiger partial charge in [-0.05, 0) is 60.9 Å². The van der Waals surface area contributed by atoms with E-state index in [1.54, 1.807) is 6.07 Å². The number of rotatable bonds is 13. The van der Waals surface area contributed by atoms with E-state index in [1.807, 2.05) is 73.7 Å². The number of unbranched alkanes of at least 4 members (excludes halogenated alkanes) is 1. The third-order valence-corrected chi connectivity index (χ3v) is 8.14. The molecule has 0 radical (unpaired) electrons. The van der Waals surface area contributed by atoms with Gasteiger partial charge in [0, 0.05) is 37.3 Å². The molecule has 0 unspecified atom stereocenters. The average molecular weight is 642 g/mol. The fourth-order valence-electron chi connectivity index (χ4n) is 5.92. The lowest BCUT2D eigenvalue weighted by atomic mass is 10.1. The van der Waals surface area contributed by atoms with E-state index in [0.717, 1.165) is 52.9 Å². The van der Waals surface area contributed by atoms with Crippen LogP contribution in [0, 0.1) is 0 Å². The average Bonchev–Trinajstić information content (AvgIpc) is 3.68. The summed E-state index contributed by atoms with van der Waals surface area (Å²) in [6, 6.07) is 29.3. The van der Waals surface area contributed by atoms with E-state index in [-0.39, 0.29) is 6.79 Å². The van der Waals surface area contributed by atoms with Crippen LogP contribution in [0.2, 0.25) is 0 Å². The second-order valence-corrected chi connectivity index (χ2v) is 11.6. The summed E-state index contributed by atoms with van der Waals surface area (Å²) in [5, 5.41) is 0. The van der Waals surface area contributed by atoms with Gasteiger partial charge in [-0.1, -0.05) is 74.0 Å². The maximum atomic E-state index is 13.9. The van der Waals surface area contributed by atoms with Crippen molar-refractivity contribution in [3.05, 3.63) is 119 Å². The summed E-state index contributed by atoms with van der Waals surface area (Å²) in [4.78, 5) is 7.38. The van der Waals surface area contributed by atoms with Crippen molar-refractivity contribution < 1.29 is 27.4 Å². The lowest BCUT2D eigenvalue weighted by Crippen LogP contribution is -2.24. The molecule has 1 aliphatic rings. The monoisotopic (exact) mass is 641 g/mol. The van der Waals surface area contributed by atoms with E-state index in [2.05, 4.69) is 22.5 Å². The molecule has 47 heavy (non-hydrogen) atoms. The van der Waals surface area contributed by atoms with Crippen LogP contribution in [0.15, 0.2) is 97.1 Å². The van der Waals surface area contributed by atoms with Crippen molar-refractivity contribution >= 4 is 0 Å². The summed E-state index contributed by atoms with van der Waals surface area (Å²) in [7, 11) is 0. The normalized spacial score (nSPS) is 12.6. The molecule has 0 spiro atoms. The molecule has 0 saturated heterocycles. The Morgan fingerprint density at radius 1 is 0.787 bits per heavy atom. The molecule has 0 fully saturated rings. The number of halogens is 3. The minimum Gasteiger partial charge on any atom is -0.494 e. The molecule has 4 aromatic carbocycles. The third kappa shape index (κ3) is 7.63. The maximum Gasteiger partial charge on any atom is 0.416 e. The molecule has 0 atom stereocenters. The van der Waals surface area contributed by atoms with Crippen molar-refractivity contribution in [1.29, 1.82) is 0 Å². The molecule has 0 saturated carbocycles. The van der Waals surface area contributed by atoms with Gasteiger partial charge in [0.15, 0.2) is 11.5 Å². The van der Waals surface area contributed by atoms with Gasteiger partial charge in [-0.25, -0.2) is 4.98 Å². The summed E-state index contributed by atoms with van der Waals surface area (Å²) in [5.74, 6) is 2.94. The fourth-order valence-corrected chi connectivity index (χ4v) is 5.92. The number of ether oxygens (including phenoxy) is 3. The van der Waals surface area contributed by atoms with Crippen molar-refractivity contribution in [3.63, 3.8) is 0 Å². The summed E-state index contributed by atoms with van der Waals surface area (Å²) >= 11 is 0. The van der Waals surface area contributed by atoms with Gasteiger partial charge in [0.2, 0.25) is 6.79 Å². The Kier molecular flexibility index (Phi) is 9.82. The van der Waals surface area contributed by atoms with Crippen LogP contribution in [0.3, 0.4) is 0 Å². The van der Waals surface area contributed by atoms with Crippen molar-refractivity contribution in [2.45, 2.75) is 59.0 Å². The third-order valence-electron chi connectivity index (χ3n) is 8.14. The molecule has 2 heterocycles. The van der Waals surface area contributed by atoms with Gasteiger partial charge in [-0.2, -0.15) is 13.2 Å². The van der Waals surface area contributed by atoms with E-state index >= 15 is 0 Å². The number of benzene rings is 4. The number of hydrogen-bond acceptors (Lipinski definition) is 5. The second kappa shape index (κ2) is 14.3. The smallest absolute Gasteiger partial charge is 0.416 e. The van der Waals surface area contributed by atoms with Crippen molar-refractivity contribution in [2.75, 3.05) is 13.4 Å². The number of imidazole rings is 1. The Balaban J connectivity index is 1.47. The zero-order valence-corrected chi connectivity index (χ0v) is 26.6. The molecule has 244 valence electrons. The lowest BCUT2D eigenvalue weighted by molar-refractivity contribution is -0.137. The Morgan fingerprint density at radius 2 is 1.53 bits per heavy atom. The topological polar surface area (TPSA) is 48.8 Å². The van der Waals surface area contributed by atoms with E-state index in [4.69, 9.17) is 19.2 Å². The summed E-state index contributed by atoms with van der Waals surface area (Å²) in [6.07, 6.45) is -2.63. The first-order valence-electron chi connectivity index (χ1n) is 16.0. The molecule has 1 aliphatic heterocycles. The molecule has 6 nitrogen and oxygen atoms in total. The van der Waals surface area contributed by atoms with Gasteiger partial charge in [0.05, 0.1) is 23.6 Å². The zero-order chi connectivity index (χ0) is 32.8. The van der Waals surface area contributed by atoms with Crippen LogP contribution in [0.1, 0.15) is 49.1 Å². The molecular formula is C38H38F3N3O3. The summed E-state index contributed by atoms with van der Waals surface area (Å²) in [5.41, 5.74) is 4.14. The minimum atomic E-state index is -4.47. The number of alkyl halides is 3. The van der Waals surface area contributed by atoms with Crippen LogP contribution >= 0.6 is 0 Å². The van der Waals surface area contributed by atoms with Crippen molar-refractivity contribution in [3.8, 4) is 39.9 Å². The second-order valence-electron chi connectivity index (χ2n) is 11.6. The molecule has 0 aliphatic carbocycles. The maximum absolute atomic E-state index is 13.9. The van der Waals surface area contributed by atoms with E-state index < -0.39 is 11.7 Å². The number of hydrogen-bond donors (Lipinski definition) is 0. The fraction of sp³-hybridized carbons (Fsp3) is 0.289. The van der Waals surface area contributed by atoms with Gasteiger partial charge in [-0.3, -0.25) is 4.90 Å². The van der Waals surface area contributed by atoms with Crippen molar-refractivity contribution in [2.24, 2.45) is 0 Å². The number of nitrogens with zero attached hydrogens (tertiary/aromatic N) is 3. The van der Waals surface area contributed by atoms with Crippen LogP contribution in [-0.2, 0) is 32.4 Å². The Hall–Kier alpha value is -4.76. The highest BCUT2D eigenvalue weighted by Gasteiger charge is 2.31. The summed E-state index contributed by atoms with van der Waals surface area (Å²) in [6.45, 7) is 7.06. The zero-order valence-electron chi connectivity index (χ0n) is 26.6. The van der Waals surface area contributed by atoms with Gasteiger partial charge >= 0.3 is 6.18 Å². The van der Waals surface area contributed by atoms with Crippen LogP contribution in [0.5, 0.6) is 17.2 Å². The first-order valence-corrected chi connectivity index (χ1v) is 16.0. The van der Waals surface area contributed by atoms with E-state index in [1.165, 1.54) is 12.1 Å². The molecule has 5 aromatic rings. The van der Waals surface area contributed by atoms with Crippen LogP contribution in [-0.4, -0.2) is 27.9 Å². The number of aromatic nitrogens is 2. The molecule has 6 rings (SSSR count). The SMILES string of the molecule is CCCCn1c(-c2ccccc2)nc(-c2cccc(C(F)(F)F)c2)c1CN(Cc1cccc(OCC)c1)Cc1ccc2c(c1)OCO2. The highest BCUT2D eigenvalue weighted by atomic mass is 19.4. The van der Waals surface area contributed by atoms with Gasteiger partial charge in [-0.15, -0.1) is 0 Å². The minimum absolute atomic E-state index is 0.186. The van der Waals surface area contributed by atoms with Crippen LogP contribution in [0.4, 0.5) is 13.2 Å². The van der Waals surface area contributed by atoms with Crippen molar-refractivity contribution in [1.82, 2.24) is 14.5 Å². The Morgan fingerprint density at radius 3 is 2.30 bits per heavy atom. The molecule has 0 N–H and O–H groups in total. The Bertz CT molecular complexity index is 1800. The standard InChI is InChI=1S/C38H38F3N3O3/c1-3-5-19-44-33(36(42-37(44)29-12-7-6-8-13-29)30-14-10-15-31(22-30)38(39,40)41)25-43(23-27-11-9-16-32(20-27)45-4-2)24-28-17-18-34-35(21-28)47-26-46-34/h6-18,20-22H,3-5,19,23-26H2,1-2H3. The highest BCUT2D eigenvalue weighted by Crippen LogP contribution is 2.37. The predicted molar refractivity (Wildman–Crippen MR) is 176 cm³/mol.